The van der Waals surface area contributed by atoms with Crippen molar-refractivity contribution in [1.82, 2.24) is 0 Å². The van der Waals surface area contributed by atoms with Crippen molar-refractivity contribution in [2.75, 3.05) is 7.11 Å². The fourth-order valence-electron chi connectivity index (χ4n) is 3.81. The molecule has 0 radical (unpaired) electrons. The van der Waals surface area contributed by atoms with Gasteiger partial charge in [0.15, 0.2) is 0 Å². The summed E-state index contributed by atoms with van der Waals surface area (Å²) in [4.78, 5) is 0. The second kappa shape index (κ2) is 7.99. The number of allylic oxidation sites excluding steroid dienone is 3. The molecule has 1 aliphatic rings. The smallest absolute Gasteiger partial charge is 0.124 e. The first kappa shape index (κ1) is 19.1. The van der Waals surface area contributed by atoms with Gasteiger partial charge in [-0.3, -0.25) is 0 Å². The monoisotopic (exact) mass is 392 g/mol. The van der Waals surface area contributed by atoms with Crippen molar-refractivity contribution in [1.29, 1.82) is 0 Å². The standard InChI is InChI=1S/C27H24OSi/c1-28-24-17-14-21(15-18-24)16-19-26-25(22-10-6-4-7-11-22)20-27(29(26,2)3)23-12-8-5-9-13-23/h4-15,17-18,20H,1-3H3. The normalized spacial score (nSPS) is 14.8. The lowest BCUT2D eigenvalue weighted by atomic mass is 10.0. The van der Waals surface area contributed by atoms with Crippen molar-refractivity contribution in [2.24, 2.45) is 0 Å². The number of hydrogen-bond acceptors (Lipinski definition) is 1. The van der Waals surface area contributed by atoms with E-state index in [1.165, 1.54) is 27.1 Å². The molecule has 0 fully saturated rings. The van der Waals surface area contributed by atoms with Gasteiger partial charge in [-0.2, -0.15) is 0 Å². The molecule has 2 heteroatoms. The van der Waals surface area contributed by atoms with Crippen molar-refractivity contribution in [3.8, 4) is 17.6 Å². The molecule has 0 N–H and O–H groups in total. The van der Waals surface area contributed by atoms with Crippen LogP contribution in [0.3, 0.4) is 0 Å². The van der Waals surface area contributed by atoms with Crippen LogP contribution in [0.5, 0.6) is 5.75 Å². The molecule has 0 saturated heterocycles. The average molecular weight is 393 g/mol. The molecular formula is C27H24OSi. The second-order valence-corrected chi connectivity index (χ2v) is 12.0. The molecule has 0 aromatic heterocycles. The minimum Gasteiger partial charge on any atom is -0.497 e. The molecule has 1 heterocycles. The highest BCUT2D eigenvalue weighted by Crippen LogP contribution is 2.43. The van der Waals surface area contributed by atoms with E-state index in [4.69, 9.17) is 4.74 Å². The molecule has 142 valence electrons. The van der Waals surface area contributed by atoms with Gasteiger partial charge in [0.2, 0.25) is 0 Å². The predicted octanol–water partition coefficient (Wildman–Crippen LogP) is 6.38. The van der Waals surface area contributed by atoms with Gasteiger partial charge >= 0.3 is 0 Å². The Kier molecular flexibility index (Phi) is 5.25. The lowest BCUT2D eigenvalue weighted by Crippen LogP contribution is -2.28. The Hall–Kier alpha value is -3.28. The van der Waals surface area contributed by atoms with Crippen molar-refractivity contribution in [3.63, 3.8) is 0 Å². The molecule has 1 aliphatic heterocycles. The molecule has 0 saturated carbocycles. The summed E-state index contributed by atoms with van der Waals surface area (Å²) in [7, 11) is -0.233. The molecule has 4 rings (SSSR count). The maximum absolute atomic E-state index is 5.26. The summed E-state index contributed by atoms with van der Waals surface area (Å²) in [6.45, 7) is 4.81. The van der Waals surface area contributed by atoms with Crippen LogP contribution in [0.4, 0.5) is 0 Å². The molecule has 3 aromatic carbocycles. The average Bonchev–Trinajstić information content (AvgIpc) is 3.04. The van der Waals surface area contributed by atoms with Crippen LogP contribution in [0, 0.1) is 11.8 Å². The summed E-state index contributed by atoms with van der Waals surface area (Å²) in [6, 6.07) is 29.3. The van der Waals surface area contributed by atoms with E-state index in [1.807, 2.05) is 24.3 Å². The second-order valence-electron chi connectivity index (χ2n) is 7.68. The fraction of sp³-hybridized carbons (Fsp3) is 0.111. The first-order valence-corrected chi connectivity index (χ1v) is 12.8. The minimum atomic E-state index is -1.91. The van der Waals surface area contributed by atoms with Crippen molar-refractivity contribution >= 4 is 18.8 Å². The van der Waals surface area contributed by atoms with E-state index in [2.05, 4.69) is 91.7 Å². The summed E-state index contributed by atoms with van der Waals surface area (Å²) in [6.07, 6.45) is 2.37. The summed E-state index contributed by atoms with van der Waals surface area (Å²) < 4.78 is 5.26. The quantitative estimate of drug-likeness (QED) is 0.371. The zero-order chi connectivity index (χ0) is 20.3. The molecule has 0 atom stereocenters. The first-order chi connectivity index (χ1) is 14.1. The maximum atomic E-state index is 5.26. The molecule has 0 aliphatic carbocycles. The van der Waals surface area contributed by atoms with Gasteiger partial charge in [-0.1, -0.05) is 91.7 Å². The molecule has 1 nitrogen and oxygen atoms in total. The molecule has 0 bridgehead atoms. The van der Waals surface area contributed by atoms with Gasteiger partial charge in [0.25, 0.3) is 0 Å². The van der Waals surface area contributed by atoms with Crippen molar-refractivity contribution in [3.05, 3.63) is 113 Å². The largest absolute Gasteiger partial charge is 0.497 e. The van der Waals surface area contributed by atoms with Crippen molar-refractivity contribution in [2.45, 2.75) is 13.1 Å². The summed E-state index contributed by atoms with van der Waals surface area (Å²) in [5.74, 6) is 7.83. The minimum absolute atomic E-state index is 0.850. The van der Waals surface area contributed by atoms with Crippen LogP contribution in [0.25, 0.3) is 10.8 Å². The Morgan fingerprint density at radius 2 is 1.28 bits per heavy atom. The van der Waals surface area contributed by atoms with Crippen LogP contribution in [0.1, 0.15) is 16.7 Å². The molecule has 29 heavy (non-hydrogen) atoms. The maximum Gasteiger partial charge on any atom is 0.124 e. The van der Waals surface area contributed by atoms with Gasteiger partial charge in [-0.25, -0.2) is 0 Å². The van der Waals surface area contributed by atoms with E-state index < -0.39 is 8.07 Å². The number of hydrogen-bond donors (Lipinski definition) is 0. The summed E-state index contributed by atoms with van der Waals surface area (Å²) >= 11 is 0. The third kappa shape index (κ3) is 3.83. The molecular weight excluding hydrogens is 368 g/mol. The Morgan fingerprint density at radius 1 is 0.690 bits per heavy atom. The lowest BCUT2D eigenvalue weighted by Gasteiger charge is -2.22. The number of ether oxygens (including phenoxy) is 1. The van der Waals surface area contributed by atoms with Crippen LogP contribution in [0.15, 0.2) is 96.2 Å². The SMILES string of the molecule is COc1ccc(C#CC2=C(c3ccccc3)C=C(c3ccccc3)[Si]2(C)C)cc1. The first-order valence-electron chi connectivity index (χ1n) is 9.83. The van der Waals surface area contributed by atoms with Crippen LogP contribution >= 0.6 is 0 Å². The zero-order valence-corrected chi connectivity index (χ0v) is 18.1. The van der Waals surface area contributed by atoms with E-state index in [1.54, 1.807) is 7.11 Å². The number of methoxy groups -OCH3 is 1. The van der Waals surface area contributed by atoms with Gasteiger partial charge in [-0.05, 0) is 46.2 Å². The van der Waals surface area contributed by atoms with Gasteiger partial charge in [0.05, 0.1) is 7.11 Å². The van der Waals surface area contributed by atoms with E-state index in [-0.39, 0.29) is 0 Å². The van der Waals surface area contributed by atoms with Crippen LogP contribution < -0.4 is 4.74 Å². The number of rotatable bonds is 3. The van der Waals surface area contributed by atoms with Gasteiger partial charge in [0.1, 0.15) is 13.8 Å². The summed E-state index contributed by atoms with van der Waals surface area (Å²) in [5, 5.41) is 2.73. The molecule has 3 aromatic rings. The highest BCUT2D eigenvalue weighted by molar-refractivity contribution is 7.03. The van der Waals surface area contributed by atoms with Crippen LogP contribution in [0.2, 0.25) is 13.1 Å². The Balaban J connectivity index is 1.81. The highest BCUT2D eigenvalue weighted by Gasteiger charge is 2.37. The lowest BCUT2D eigenvalue weighted by molar-refractivity contribution is 0.415. The van der Waals surface area contributed by atoms with Gasteiger partial charge in [-0.15, -0.1) is 0 Å². The topological polar surface area (TPSA) is 9.23 Å². The predicted molar refractivity (Wildman–Crippen MR) is 125 cm³/mol. The van der Waals surface area contributed by atoms with Crippen LogP contribution in [-0.4, -0.2) is 15.2 Å². The fourth-order valence-corrected chi connectivity index (χ4v) is 6.74. The van der Waals surface area contributed by atoms with Crippen LogP contribution in [-0.2, 0) is 0 Å². The molecule has 0 unspecified atom stereocenters. The zero-order valence-electron chi connectivity index (χ0n) is 17.1. The van der Waals surface area contributed by atoms with Gasteiger partial charge in [0, 0.05) is 10.8 Å². The highest BCUT2D eigenvalue weighted by atomic mass is 28.3. The third-order valence-corrected chi connectivity index (χ3v) is 8.87. The molecule has 0 amide bonds. The number of benzene rings is 3. The Labute approximate surface area is 174 Å². The third-order valence-electron chi connectivity index (χ3n) is 5.45. The Bertz CT molecular complexity index is 1130. The van der Waals surface area contributed by atoms with E-state index >= 15 is 0 Å². The molecule has 0 spiro atoms. The van der Waals surface area contributed by atoms with Crippen molar-refractivity contribution < 1.29 is 4.74 Å². The van der Waals surface area contributed by atoms with E-state index in [0.29, 0.717) is 0 Å². The van der Waals surface area contributed by atoms with Gasteiger partial charge < -0.3 is 4.74 Å². The Morgan fingerprint density at radius 3 is 1.86 bits per heavy atom. The summed E-state index contributed by atoms with van der Waals surface area (Å²) in [5.41, 5.74) is 4.81. The van der Waals surface area contributed by atoms with E-state index in [9.17, 15) is 0 Å². The van der Waals surface area contributed by atoms with E-state index in [0.717, 1.165) is 11.3 Å².